The molecule has 0 bridgehead atoms. The number of hydrogen-bond acceptors (Lipinski definition) is 3. The second-order valence-electron chi connectivity index (χ2n) is 8.06. The number of hydrogen-bond donors (Lipinski definition) is 1. The predicted octanol–water partition coefficient (Wildman–Crippen LogP) is 3.85. The largest absolute Gasteiger partial charge is 0.497 e. The van der Waals surface area contributed by atoms with Gasteiger partial charge in [-0.15, -0.1) is 0 Å². The fourth-order valence-corrected chi connectivity index (χ4v) is 3.99. The van der Waals surface area contributed by atoms with Gasteiger partial charge in [-0.2, -0.15) is 13.2 Å². The molecule has 8 heteroatoms. The summed E-state index contributed by atoms with van der Waals surface area (Å²) in [4.78, 5) is 27.5. The van der Waals surface area contributed by atoms with Gasteiger partial charge in [-0.1, -0.05) is 24.3 Å². The quantitative estimate of drug-likeness (QED) is 0.781. The van der Waals surface area contributed by atoms with Crippen LogP contribution in [0.4, 0.5) is 13.2 Å². The van der Waals surface area contributed by atoms with Gasteiger partial charge in [0.05, 0.1) is 18.6 Å². The Hall–Kier alpha value is -3.03. The molecule has 2 fully saturated rings. The average molecular weight is 432 g/mol. The van der Waals surface area contributed by atoms with E-state index in [1.807, 2.05) is 0 Å². The molecule has 1 N–H and O–H groups in total. The molecule has 2 amide bonds. The van der Waals surface area contributed by atoms with Crippen molar-refractivity contribution in [3.05, 3.63) is 65.2 Å². The Labute approximate surface area is 178 Å². The van der Waals surface area contributed by atoms with E-state index in [0.29, 0.717) is 16.9 Å². The molecule has 1 heterocycles. The van der Waals surface area contributed by atoms with Crippen molar-refractivity contribution in [3.8, 4) is 5.75 Å². The third-order valence-electron chi connectivity index (χ3n) is 5.83. The Morgan fingerprint density at radius 2 is 1.81 bits per heavy atom. The van der Waals surface area contributed by atoms with Gasteiger partial charge in [0.1, 0.15) is 5.75 Å². The molecule has 31 heavy (non-hydrogen) atoms. The standard InChI is InChI=1S/C23H23F3N2O3/c1-31-18-7-3-5-15(11-18)22(30)28-12-19(20(13-28)21(29)27-17-8-9-17)14-4-2-6-16(10-14)23(24,25)26/h2-7,10-11,17,19-20H,8-9,12-13H2,1H3,(H,27,29). The van der Waals surface area contributed by atoms with E-state index in [1.54, 1.807) is 30.3 Å². The maximum Gasteiger partial charge on any atom is 0.416 e. The minimum Gasteiger partial charge on any atom is -0.497 e. The topological polar surface area (TPSA) is 58.6 Å². The molecule has 2 aromatic carbocycles. The second kappa shape index (κ2) is 8.24. The highest BCUT2D eigenvalue weighted by molar-refractivity contribution is 5.95. The maximum atomic E-state index is 13.2. The van der Waals surface area contributed by atoms with Crippen molar-refractivity contribution in [3.63, 3.8) is 0 Å². The first kappa shape index (κ1) is 21.2. The zero-order valence-electron chi connectivity index (χ0n) is 17.0. The zero-order valence-corrected chi connectivity index (χ0v) is 17.0. The van der Waals surface area contributed by atoms with Crippen LogP contribution in [-0.2, 0) is 11.0 Å². The lowest BCUT2D eigenvalue weighted by Gasteiger charge is -2.19. The van der Waals surface area contributed by atoms with Crippen LogP contribution >= 0.6 is 0 Å². The summed E-state index contributed by atoms with van der Waals surface area (Å²) in [5, 5.41) is 2.94. The van der Waals surface area contributed by atoms with Crippen LogP contribution in [-0.4, -0.2) is 43.0 Å². The van der Waals surface area contributed by atoms with Crippen LogP contribution in [0, 0.1) is 5.92 Å². The van der Waals surface area contributed by atoms with E-state index in [-0.39, 0.29) is 30.9 Å². The second-order valence-corrected chi connectivity index (χ2v) is 8.06. The van der Waals surface area contributed by atoms with E-state index in [9.17, 15) is 22.8 Å². The van der Waals surface area contributed by atoms with Gasteiger partial charge in [-0.05, 0) is 42.7 Å². The maximum absolute atomic E-state index is 13.2. The predicted molar refractivity (Wildman–Crippen MR) is 108 cm³/mol. The van der Waals surface area contributed by atoms with Crippen molar-refractivity contribution >= 4 is 11.8 Å². The first-order valence-corrected chi connectivity index (χ1v) is 10.2. The summed E-state index contributed by atoms with van der Waals surface area (Å²) < 4.78 is 44.9. The number of benzene rings is 2. The number of nitrogens with zero attached hydrogens (tertiary/aromatic N) is 1. The van der Waals surface area contributed by atoms with E-state index in [4.69, 9.17) is 4.74 Å². The summed E-state index contributed by atoms with van der Waals surface area (Å²) in [7, 11) is 1.50. The third-order valence-corrected chi connectivity index (χ3v) is 5.83. The Kier molecular flexibility index (Phi) is 5.64. The SMILES string of the molecule is COc1cccc(C(=O)N2CC(C(=O)NC3CC3)C(c3cccc(C(F)(F)F)c3)C2)c1. The molecular weight excluding hydrogens is 409 g/mol. The number of halogens is 3. The van der Waals surface area contributed by atoms with Gasteiger partial charge in [-0.3, -0.25) is 9.59 Å². The number of likely N-dealkylation sites (tertiary alicyclic amines) is 1. The first-order valence-electron chi connectivity index (χ1n) is 10.2. The molecule has 2 unspecified atom stereocenters. The zero-order chi connectivity index (χ0) is 22.2. The lowest BCUT2D eigenvalue weighted by Crippen LogP contribution is -2.36. The highest BCUT2D eigenvalue weighted by Crippen LogP contribution is 2.37. The Bertz CT molecular complexity index is 988. The fraction of sp³-hybridized carbons (Fsp3) is 0.391. The van der Waals surface area contributed by atoms with Gasteiger partial charge in [-0.25, -0.2) is 0 Å². The average Bonchev–Trinajstić information content (AvgIpc) is 3.46. The van der Waals surface area contributed by atoms with Gasteiger partial charge in [0, 0.05) is 30.6 Å². The molecular formula is C23H23F3N2O3. The molecule has 0 spiro atoms. The highest BCUT2D eigenvalue weighted by atomic mass is 19.4. The number of carbonyl (C=O) groups is 2. The summed E-state index contributed by atoms with van der Waals surface area (Å²) in [6.45, 7) is 0.315. The minimum absolute atomic E-state index is 0.123. The van der Waals surface area contributed by atoms with Crippen LogP contribution in [0.25, 0.3) is 0 Å². The summed E-state index contributed by atoms with van der Waals surface area (Å²) in [6.07, 6.45) is -2.67. The number of rotatable bonds is 5. The van der Waals surface area contributed by atoms with Crippen molar-refractivity contribution in [2.45, 2.75) is 31.0 Å². The Morgan fingerprint density at radius 1 is 1.06 bits per heavy atom. The molecule has 2 atom stereocenters. The van der Waals surface area contributed by atoms with Gasteiger partial charge in [0.25, 0.3) is 5.91 Å². The van der Waals surface area contributed by atoms with Crippen LogP contribution in [0.15, 0.2) is 48.5 Å². The van der Waals surface area contributed by atoms with Crippen LogP contribution in [0.5, 0.6) is 5.75 Å². The summed E-state index contributed by atoms with van der Waals surface area (Å²) >= 11 is 0. The normalized spacial score (nSPS) is 21.1. The Morgan fingerprint density at radius 3 is 2.48 bits per heavy atom. The van der Waals surface area contributed by atoms with Gasteiger partial charge in [0.15, 0.2) is 0 Å². The van der Waals surface area contributed by atoms with E-state index in [0.717, 1.165) is 25.0 Å². The number of alkyl halides is 3. The minimum atomic E-state index is -4.48. The smallest absolute Gasteiger partial charge is 0.416 e. The number of nitrogens with one attached hydrogen (secondary N) is 1. The lowest BCUT2D eigenvalue weighted by molar-refractivity contribution is -0.137. The van der Waals surface area contributed by atoms with E-state index in [1.165, 1.54) is 18.1 Å². The molecule has 1 aliphatic carbocycles. The molecule has 5 nitrogen and oxygen atoms in total. The lowest BCUT2D eigenvalue weighted by atomic mass is 9.87. The van der Waals surface area contributed by atoms with Crippen molar-refractivity contribution in [2.24, 2.45) is 5.92 Å². The molecule has 4 rings (SSSR count). The first-order chi connectivity index (χ1) is 14.8. The van der Waals surface area contributed by atoms with Crippen molar-refractivity contribution in [1.82, 2.24) is 10.2 Å². The monoisotopic (exact) mass is 432 g/mol. The molecule has 0 aromatic heterocycles. The van der Waals surface area contributed by atoms with Gasteiger partial charge >= 0.3 is 6.18 Å². The van der Waals surface area contributed by atoms with E-state index >= 15 is 0 Å². The van der Waals surface area contributed by atoms with Crippen molar-refractivity contribution < 1.29 is 27.5 Å². The molecule has 2 aliphatic rings. The number of ether oxygens (including phenoxy) is 1. The number of amides is 2. The summed E-state index contributed by atoms with van der Waals surface area (Å²) in [5.74, 6) is -1.10. The van der Waals surface area contributed by atoms with E-state index < -0.39 is 23.6 Å². The van der Waals surface area contributed by atoms with Gasteiger partial charge < -0.3 is 15.0 Å². The molecule has 1 saturated carbocycles. The number of methoxy groups -OCH3 is 1. The van der Waals surface area contributed by atoms with Crippen LogP contribution in [0.1, 0.15) is 40.2 Å². The van der Waals surface area contributed by atoms with Crippen LogP contribution < -0.4 is 10.1 Å². The number of carbonyl (C=O) groups excluding carboxylic acids is 2. The third kappa shape index (κ3) is 4.68. The Balaban J connectivity index is 1.62. The molecule has 164 valence electrons. The molecule has 1 saturated heterocycles. The highest BCUT2D eigenvalue weighted by Gasteiger charge is 2.42. The molecule has 1 aliphatic heterocycles. The van der Waals surface area contributed by atoms with E-state index in [2.05, 4.69) is 5.32 Å². The van der Waals surface area contributed by atoms with Gasteiger partial charge in [0.2, 0.25) is 5.91 Å². The molecule has 0 radical (unpaired) electrons. The fourth-order valence-electron chi connectivity index (χ4n) is 3.99. The van der Waals surface area contributed by atoms with Crippen molar-refractivity contribution in [1.29, 1.82) is 0 Å². The summed E-state index contributed by atoms with van der Waals surface area (Å²) in [6, 6.07) is 11.8. The van der Waals surface area contributed by atoms with Crippen LogP contribution in [0.2, 0.25) is 0 Å². The molecule has 2 aromatic rings. The summed E-state index contributed by atoms with van der Waals surface area (Å²) in [5.41, 5.74) is 0.0565. The van der Waals surface area contributed by atoms with Crippen LogP contribution in [0.3, 0.4) is 0 Å². The van der Waals surface area contributed by atoms with Crippen molar-refractivity contribution in [2.75, 3.05) is 20.2 Å².